The summed E-state index contributed by atoms with van der Waals surface area (Å²) in [7, 11) is 0. The second-order valence-corrected chi connectivity index (χ2v) is 4.55. The van der Waals surface area contributed by atoms with Crippen LogP contribution < -0.4 is 5.32 Å². The number of hydrogen-bond donors (Lipinski definition) is 1. The monoisotopic (exact) mass is 239 g/mol. The highest BCUT2D eigenvalue weighted by Crippen LogP contribution is 2.33. The number of nitrogens with one attached hydrogen (secondary N) is 1. The minimum absolute atomic E-state index is 0.867. The van der Waals surface area contributed by atoms with Crippen molar-refractivity contribution in [2.75, 3.05) is 25.0 Å². The largest absolute Gasteiger partial charge is 0.369 e. The normalized spacial score (nSPS) is 20.7. The zero-order valence-electron chi connectivity index (χ0n) is 9.93. The Bertz CT molecular complexity index is 599. The summed E-state index contributed by atoms with van der Waals surface area (Å²) >= 11 is 0. The molecule has 5 heteroatoms. The Morgan fingerprint density at radius 1 is 1.33 bits per heavy atom. The molecule has 0 atom stereocenters. The number of nitrogens with zero attached hydrogens (tertiary/aromatic N) is 4. The zero-order chi connectivity index (χ0) is 11.9. The number of hydrogen-bond acceptors (Lipinski definition) is 5. The molecular formula is C13H13N5. The molecule has 4 rings (SSSR count). The lowest BCUT2D eigenvalue weighted by molar-refractivity contribution is 0.677. The summed E-state index contributed by atoms with van der Waals surface area (Å²) in [5.74, 6) is 2.02. The number of amidine groups is 1. The van der Waals surface area contributed by atoms with E-state index in [-0.39, 0.29) is 0 Å². The van der Waals surface area contributed by atoms with E-state index in [4.69, 9.17) is 0 Å². The molecule has 18 heavy (non-hydrogen) atoms. The van der Waals surface area contributed by atoms with Gasteiger partial charge < -0.3 is 10.2 Å². The van der Waals surface area contributed by atoms with Crippen LogP contribution in [0.25, 0.3) is 5.70 Å². The van der Waals surface area contributed by atoms with Gasteiger partial charge in [0.25, 0.3) is 0 Å². The van der Waals surface area contributed by atoms with E-state index in [1.165, 1.54) is 5.57 Å². The van der Waals surface area contributed by atoms with E-state index in [2.05, 4.69) is 31.3 Å². The molecule has 90 valence electrons. The molecule has 0 unspecified atom stereocenters. The maximum Gasteiger partial charge on any atom is 0.135 e. The van der Waals surface area contributed by atoms with Gasteiger partial charge in [0.2, 0.25) is 0 Å². The van der Waals surface area contributed by atoms with Crippen molar-refractivity contribution in [3.8, 4) is 0 Å². The quantitative estimate of drug-likeness (QED) is 0.743. The SMILES string of the molecule is C1=NC2=C(CCNc3ncccc32)C2=NCCN12. The Morgan fingerprint density at radius 2 is 2.33 bits per heavy atom. The molecule has 1 aromatic heterocycles. The molecular weight excluding hydrogens is 226 g/mol. The molecule has 3 aliphatic heterocycles. The number of rotatable bonds is 0. The molecule has 0 aromatic carbocycles. The number of aliphatic imine (C=N–C) groups is 2. The molecule has 4 heterocycles. The first-order valence-electron chi connectivity index (χ1n) is 6.21. The van der Waals surface area contributed by atoms with Crippen LogP contribution in [0.15, 0.2) is 33.9 Å². The summed E-state index contributed by atoms with van der Waals surface area (Å²) in [5, 5.41) is 3.36. The van der Waals surface area contributed by atoms with Gasteiger partial charge in [-0.25, -0.2) is 9.98 Å². The van der Waals surface area contributed by atoms with E-state index in [0.29, 0.717) is 0 Å². The molecule has 0 bridgehead atoms. The third-order valence-electron chi connectivity index (χ3n) is 3.49. The van der Waals surface area contributed by atoms with E-state index < -0.39 is 0 Å². The summed E-state index contributed by atoms with van der Waals surface area (Å²) in [6.45, 7) is 2.69. The van der Waals surface area contributed by atoms with Gasteiger partial charge in [-0.2, -0.15) is 0 Å². The fraction of sp³-hybridized carbons (Fsp3) is 0.308. The van der Waals surface area contributed by atoms with Crippen LogP contribution in [0.3, 0.4) is 0 Å². The minimum Gasteiger partial charge on any atom is -0.369 e. The van der Waals surface area contributed by atoms with Gasteiger partial charge in [0, 0.05) is 30.4 Å². The van der Waals surface area contributed by atoms with E-state index >= 15 is 0 Å². The van der Waals surface area contributed by atoms with Crippen molar-refractivity contribution < 1.29 is 0 Å². The molecule has 0 aliphatic carbocycles. The Labute approximate surface area is 105 Å². The maximum atomic E-state index is 4.62. The Morgan fingerprint density at radius 3 is 3.33 bits per heavy atom. The fourth-order valence-electron chi connectivity index (χ4n) is 2.66. The van der Waals surface area contributed by atoms with Crippen molar-refractivity contribution >= 4 is 23.7 Å². The Balaban J connectivity index is 1.93. The van der Waals surface area contributed by atoms with Crippen molar-refractivity contribution in [3.05, 3.63) is 29.5 Å². The fourth-order valence-corrected chi connectivity index (χ4v) is 2.66. The van der Waals surface area contributed by atoms with E-state index in [1.54, 1.807) is 0 Å². The smallest absolute Gasteiger partial charge is 0.135 e. The minimum atomic E-state index is 0.867. The van der Waals surface area contributed by atoms with E-state index in [1.807, 2.05) is 18.6 Å². The van der Waals surface area contributed by atoms with Gasteiger partial charge in [-0.05, 0) is 18.6 Å². The van der Waals surface area contributed by atoms with Crippen molar-refractivity contribution in [2.24, 2.45) is 9.98 Å². The Kier molecular flexibility index (Phi) is 2.00. The number of fused-ring (bicyclic) bond motifs is 4. The van der Waals surface area contributed by atoms with Gasteiger partial charge in [-0.15, -0.1) is 0 Å². The lowest BCUT2D eigenvalue weighted by Gasteiger charge is -2.22. The molecule has 0 saturated heterocycles. The van der Waals surface area contributed by atoms with Gasteiger partial charge in [0.1, 0.15) is 11.7 Å². The van der Waals surface area contributed by atoms with Crippen molar-refractivity contribution in [3.63, 3.8) is 0 Å². The van der Waals surface area contributed by atoms with Crippen LogP contribution in [0.5, 0.6) is 0 Å². The first-order chi connectivity index (χ1) is 8.93. The van der Waals surface area contributed by atoms with Gasteiger partial charge in [-0.1, -0.05) is 0 Å². The average Bonchev–Trinajstić information content (AvgIpc) is 2.80. The van der Waals surface area contributed by atoms with Gasteiger partial charge in [-0.3, -0.25) is 4.99 Å². The standard InChI is InChI=1S/C13H13N5/c1-2-9-11-10(3-5-15-12(9)14-4-1)13-16-6-7-18(13)8-17-11/h1-2,4,8H,3,5-7H2,(H,14,15). The number of anilines is 1. The first-order valence-corrected chi connectivity index (χ1v) is 6.21. The van der Waals surface area contributed by atoms with Gasteiger partial charge >= 0.3 is 0 Å². The van der Waals surface area contributed by atoms with Crippen LogP contribution in [-0.2, 0) is 0 Å². The van der Waals surface area contributed by atoms with Gasteiger partial charge in [0.05, 0.1) is 18.6 Å². The van der Waals surface area contributed by atoms with Crippen molar-refractivity contribution in [1.29, 1.82) is 0 Å². The topological polar surface area (TPSA) is 52.9 Å². The molecule has 1 N–H and O–H groups in total. The lowest BCUT2D eigenvalue weighted by Crippen LogP contribution is -2.30. The summed E-state index contributed by atoms with van der Waals surface area (Å²) in [6, 6.07) is 4.02. The Hall–Kier alpha value is -2.17. The first kappa shape index (κ1) is 9.82. The molecule has 0 amide bonds. The zero-order valence-corrected chi connectivity index (χ0v) is 9.93. The molecule has 0 saturated carbocycles. The molecule has 1 aromatic rings. The van der Waals surface area contributed by atoms with Crippen molar-refractivity contribution in [2.45, 2.75) is 6.42 Å². The molecule has 0 radical (unpaired) electrons. The van der Waals surface area contributed by atoms with Crippen LogP contribution in [-0.4, -0.2) is 41.7 Å². The third kappa shape index (κ3) is 1.30. The molecule has 3 aliphatic rings. The van der Waals surface area contributed by atoms with Crippen molar-refractivity contribution in [1.82, 2.24) is 9.88 Å². The van der Waals surface area contributed by atoms with E-state index in [0.717, 1.165) is 49.0 Å². The third-order valence-corrected chi connectivity index (χ3v) is 3.49. The van der Waals surface area contributed by atoms with Crippen LogP contribution in [0, 0.1) is 0 Å². The second kappa shape index (κ2) is 3.66. The highest BCUT2D eigenvalue weighted by atomic mass is 15.3. The second-order valence-electron chi connectivity index (χ2n) is 4.55. The molecule has 0 fully saturated rings. The van der Waals surface area contributed by atoms with Crippen LogP contribution in [0.1, 0.15) is 12.0 Å². The maximum absolute atomic E-state index is 4.62. The molecule has 0 spiro atoms. The van der Waals surface area contributed by atoms with Gasteiger partial charge in [0.15, 0.2) is 0 Å². The predicted molar refractivity (Wildman–Crippen MR) is 71.8 cm³/mol. The van der Waals surface area contributed by atoms with Crippen LogP contribution >= 0.6 is 0 Å². The van der Waals surface area contributed by atoms with Crippen LogP contribution in [0.4, 0.5) is 5.82 Å². The lowest BCUT2D eigenvalue weighted by atomic mass is 10.0. The number of pyridine rings is 1. The summed E-state index contributed by atoms with van der Waals surface area (Å²) < 4.78 is 0. The van der Waals surface area contributed by atoms with Crippen LogP contribution in [0.2, 0.25) is 0 Å². The highest BCUT2D eigenvalue weighted by Gasteiger charge is 2.28. The predicted octanol–water partition coefficient (Wildman–Crippen LogP) is 1.36. The highest BCUT2D eigenvalue weighted by molar-refractivity contribution is 6.13. The summed E-state index contributed by atoms with van der Waals surface area (Å²) in [4.78, 5) is 15.7. The van der Waals surface area contributed by atoms with E-state index in [9.17, 15) is 0 Å². The number of aromatic nitrogens is 1. The molecule has 5 nitrogen and oxygen atoms in total. The summed E-state index contributed by atoms with van der Waals surface area (Å²) in [5.41, 5.74) is 3.35. The average molecular weight is 239 g/mol. The summed E-state index contributed by atoms with van der Waals surface area (Å²) in [6.07, 6.45) is 4.65.